The number of benzene rings is 1. The van der Waals surface area contributed by atoms with Crippen molar-refractivity contribution in [1.82, 2.24) is 0 Å². The molecule has 0 bridgehead atoms. The zero-order valence-electron chi connectivity index (χ0n) is 9.32. The molecule has 0 radical (unpaired) electrons. The number of rotatable bonds is 2. The summed E-state index contributed by atoms with van der Waals surface area (Å²) >= 11 is 0. The topological polar surface area (TPSA) is 128 Å². The zero-order chi connectivity index (χ0) is 14.2. The molecule has 0 saturated carbocycles. The molecular formula is C12H8O7. The molecule has 0 spiro atoms. The van der Waals surface area contributed by atoms with Gasteiger partial charge in [0.1, 0.15) is 16.7 Å². The van der Waals surface area contributed by atoms with Crippen molar-refractivity contribution in [3.8, 4) is 5.75 Å². The predicted molar refractivity (Wildman–Crippen MR) is 62.9 cm³/mol. The van der Waals surface area contributed by atoms with Crippen molar-refractivity contribution in [2.24, 2.45) is 0 Å². The maximum atomic E-state index is 10.8. The minimum atomic E-state index is -1.63. The van der Waals surface area contributed by atoms with Crippen molar-refractivity contribution in [3.05, 3.63) is 28.8 Å². The Labute approximate surface area is 104 Å². The normalized spacial score (nSPS) is 13.6. The molecule has 2 rings (SSSR count). The molecule has 1 heterocycles. The number of carbonyl (C=O) groups is 2. The second kappa shape index (κ2) is 4.37. The summed E-state index contributed by atoms with van der Waals surface area (Å²) in [5.74, 6) is -4.22. The Morgan fingerprint density at radius 1 is 1.16 bits per heavy atom. The van der Waals surface area contributed by atoms with Gasteiger partial charge in [-0.05, 0) is 18.2 Å². The van der Waals surface area contributed by atoms with Crippen molar-refractivity contribution >= 4 is 34.7 Å². The molecule has 0 aliphatic carbocycles. The minimum absolute atomic E-state index is 0.104. The van der Waals surface area contributed by atoms with Crippen molar-refractivity contribution in [1.29, 1.82) is 0 Å². The zero-order valence-corrected chi connectivity index (χ0v) is 9.32. The third-order valence-corrected chi connectivity index (χ3v) is 2.39. The lowest BCUT2D eigenvalue weighted by atomic mass is 10.2. The number of aliphatic hydroxyl groups is 1. The molecule has 0 amide bonds. The van der Waals surface area contributed by atoms with Crippen molar-refractivity contribution in [3.63, 3.8) is 0 Å². The lowest BCUT2D eigenvalue weighted by molar-refractivity contribution is -0.132. The van der Waals surface area contributed by atoms with E-state index in [9.17, 15) is 19.8 Å². The molecule has 98 valence electrons. The highest BCUT2D eigenvalue weighted by atomic mass is 16.4. The lowest BCUT2D eigenvalue weighted by Crippen LogP contribution is -2.27. The van der Waals surface area contributed by atoms with Gasteiger partial charge in [-0.15, -0.1) is 0 Å². The number of carboxylic acids is 2. The number of furan rings is 1. The van der Waals surface area contributed by atoms with E-state index in [0.29, 0.717) is 6.08 Å². The maximum Gasteiger partial charge on any atom is 0.371 e. The highest BCUT2D eigenvalue weighted by Crippen LogP contribution is 2.16. The maximum absolute atomic E-state index is 10.8. The van der Waals surface area contributed by atoms with E-state index in [-0.39, 0.29) is 27.4 Å². The van der Waals surface area contributed by atoms with Gasteiger partial charge in [0.25, 0.3) is 0 Å². The van der Waals surface area contributed by atoms with Crippen LogP contribution in [0.1, 0.15) is 0 Å². The number of aliphatic hydroxyl groups excluding tert-OH is 1. The first kappa shape index (κ1) is 12.5. The molecule has 2 aromatic rings. The van der Waals surface area contributed by atoms with Gasteiger partial charge < -0.3 is 24.8 Å². The fourth-order valence-electron chi connectivity index (χ4n) is 1.67. The summed E-state index contributed by atoms with van der Waals surface area (Å²) in [6.45, 7) is 0. The molecule has 1 aromatic carbocycles. The Hall–Kier alpha value is -2.96. The summed E-state index contributed by atoms with van der Waals surface area (Å²) in [5, 5.41) is 36.2. The van der Waals surface area contributed by atoms with E-state index in [1.54, 1.807) is 0 Å². The first-order valence-corrected chi connectivity index (χ1v) is 5.03. The van der Waals surface area contributed by atoms with Crippen LogP contribution in [0.4, 0.5) is 0 Å². The smallest absolute Gasteiger partial charge is 0.371 e. The molecule has 0 fully saturated rings. The first-order valence-electron chi connectivity index (χ1n) is 5.03. The van der Waals surface area contributed by atoms with Crippen LogP contribution in [0.2, 0.25) is 0 Å². The second-order valence-electron chi connectivity index (χ2n) is 3.66. The number of hydrogen-bond donors (Lipinski definition) is 4. The van der Waals surface area contributed by atoms with Crippen LogP contribution in [0.5, 0.6) is 5.75 Å². The fraction of sp³-hybridized carbons (Fsp3) is 0. The van der Waals surface area contributed by atoms with Crippen molar-refractivity contribution < 1.29 is 34.4 Å². The van der Waals surface area contributed by atoms with Gasteiger partial charge in [0.05, 0.1) is 11.3 Å². The van der Waals surface area contributed by atoms with Crippen LogP contribution < -0.4 is 10.6 Å². The average Bonchev–Trinajstić information content (AvgIpc) is 2.64. The van der Waals surface area contributed by atoms with Crippen molar-refractivity contribution in [2.45, 2.75) is 0 Å². The number of phenolic OH excluding ortho intramolecular Hbond substituents is 1. The van der Waals surface area contributed by atoms with Crippen LogP contribution in [0, 0.1) is 0 Å². The Kier molecular flexibility index (Phi) is 2.88. The number of hydrogen-bond acceptors (Lipinski definition) is 5. The third kappa shape index (κ3) is 2.21. The molecule has 0 atom stereocenters. The highest BCUT2D eigenvalue weighted by Gasteiger charge is 2.14. The van der Waals surface area contributed by atoms with Gasteiger partial charge in [-0.1, -0.05) is 0 Å². The van der Waals surface area contributed by atoms with Crippen LogP contribution in [-0.2, 0) is 9.59 Å². The minimum Gasteiger partial charge on any atom is -0.508 e. The van der Waals surface area contributed by atoms with E-state index in [4.69, 9.17) is 14.6 Å². The quantitative estimate of drug-likeness (QED) is 0.589. The first-order chi connectivity index (χ1) is 8.90. The Bertz CT molecular complexity index is 797. The predicted octanol–water partition coefficient (Wildman–Crippen LogP) is -0.246. The Morgan fingerprint density at radius 2 is 1.84 bits per heavy atom. The highest BCUT2D eigenvalue weighted by molar-refractivity contribution is 6.07. The SMILES string of the molecule is O=C(O)/C=c1\oc2ccc(O)cc2\c1=C(/O)C(=O)O. The van der Waals surface area contributed by atoms with Crippen LogP contribution in [0.3, 0.4) is 0 Å². The van der Waals surface area contributed by atoms with E-state index in [2.05, 4.69) is 0 Å². The van der Waals surface area contributed by atoms with E-state index in [1.807, 2.05) is 0 Å². The van der Waals surface area contributed by atoms with Crippen LogP contribution in [-0.4, -0.2) is 32.4 Å². The fourth-order valence-corrected chi connectivity index (χ4v) is 1.67. The summed E-state index contributed by atoms with van der Waals surface area (Å²) in [4.78, 5) is 21.5. The molecule has 7 heteroatoms. The third-order valence-electron chi connectivity index (χ3n) is 2.39. The van der Waals surface area contributed by atoms with Crippen LogP contribution in [0.15, 0.2) is 22.6 Å². The number of fused-ring (bicyclic) bond motifs is 1. The molecule has 1 aromatic heterocycles. The molecule has 0 aliphatic rings. The standard InChI is InChI=1S/C12H8O7/c13-5-1-2-7-6(3-5)10(11(16)12(17)18)8(19-7)4-9(14)15/h1-4,13,16H,(H,14,15)(H,17,18)/b8-4-,11-10+. The Morgan fingerprint density at radius 3 is 2.42 bits per heavy atom. The molecule has 0 unspecified atom stereocenters. The van der Waals surface area contributed by atoms with Gasteiger partial charge in [0.15, 0.2) is 0 Å². The molecule has 19 heavy (non-hydrogen) atoms. The molecular weight excluding hydrogens is 256 g/mol. The molecule has 0 aliphatic heterocycles. The van der Waals surface area contributed by atoms with E-state index in [1.165, 1.54) is 18.2 Å². The van der Waals surface area contributed by atoms with E-state index >= 15 is 0 Å². The summed E-state index contributed by atoms with van der Waals surface area (Å²) in [7, 11) is 0. The Balaban J connectivity index is 3.07. The molecule has 4 N–H and O–H groups in total. The second-order valence-corrected chi connectivity index (χ2v) is 3.66. The van der Waals surface area contributed by atoms with Gasteiger partial charge in [-0.3, -0.25) is 0 Å². The molecule has 0 saturated heterocycles. The van der Waals surface area contributed by atoms with E-state index in [0.717, 1.165) is 0 Å². The average molecular weight is 264 g/mol. The van der Waals surface area contributed by atoms with Gasteiger partial charge in [0.2, 0.25) is 5.76 Å². The number of aliphatic carboxylic acids is 2. The number of carboxylic acid groups (broad SMARTS) is 2. The lowest BCUT2D eigenvalue weighted by Gasteiger charge is -1.92. The van der Waals surface area contributed by atoms with Crippen molar-refractivity contribution in [2.75, 3.05) is 0 Å². The largest absolute Gasteiger partial charge is 0.508 e. The molecule has 7 nitrogen and oxygen atoms in total. The summed E-state index contributed by atoms with van der Waals surface area (Å²) in [6, 6.07) is 3.80. The number of aromatic hydroxyl groups is 1. The van der Waals surface area contributed by atoms with E-state index < -0.39 is 17.7 Å². The summed E-state index contributed by atoms with van der Waals surface area (Å²) in [6.07, 6.45) is 0.630. The van der Waals surface area contributed by atoms with Gasteiger partial charge in [-0.2, -0.15) is 0 Å². The summed E-state index contributed by atoms with van der Waals surface area (Å²) in [5.41, 5.74) is -0.166. The van der Waals surface area contributed by atoms with Gasteiger partial charge >= 0.3 is 11.9 Å². The number of phenols is 1. The monoisotopic (exact) mass is 264 g/mol. The van der Waals surface area contributed by atoms with Crippen LogP contribution in [0.25, 0.3) is 22.8 Å². The van der Waals surface area contributed by atoms with Gasteiger partial charge in [0, 0.05) is 5.39 Å². The van der Waals surface area contributed by atoms with Gasteiger partial charge in [-0.25, -0.2) is 9.59 Å². The summed E-state index contributed by atoms with van der Waals surface area (Å²) < 4.78 is 5.14. The van der Waals surface area contributed by atoms with Crippen LogP contribution >= 0.6 is 0 Å².